The molecule has 0 amide bonds. The molecule has 0 saturated carbocycles. The number of H-pyrrole nitrogens is 1. The minimum Gasteiger partial charge on any atom is -0.374 e. The Kier molecular flexibility index (Phi) is 8.35. The molecule has 3 aromatic rings. The van der Waals surface area contributed by atoms with Gasteiger partial charge in [-0.15, -0.1) is 0 Å². The Morgan fingerprint density at radius 1 is 1.00 bits per heavy atom. The molecule has 1 N–H and O–H groups in total. The summed E-state index contributed by atoms with van der Waals surface area (Å²) < 4.78 is 63.4. The molecule has 37 heavy (non-hydrogen) atoms. The first-order valence-corrected chi connectivity index (χ1v) is 13.2. The number of aromatic nitrogens is 2. The normalized spacial score (nSPS) is 23.8. The fourth-order valence-corrected chi connectivity index (χ4v) is 4.75. The first-order chi connectivity index (χ1) is 17.7. The Balaban J connectivity index is 1.71. The van der Waals surface area contributed by atoms with Crippen molar-refractivity contribution in [2.75, 3.05) is 19.5 Å². The SMILES string of the molecule is CS(=O)(=O)O[C@H]1[C@H](n2ccc(=O)[nH]c2=O)O[C@](CF)(COCc2ccccc2)[C@H]1OCc1ccccc1. The van der Waals surface area contributed by atoms with Gasteiger partial charge in [0.15, 0.2) is 17.9 Å². The van der Waals surface area contributed by atoms with E-state index < -0.39 is 52.1 Å². The van der Waals surface area contributed by atoms with Gasteiger partial charge in [0, 0.05) is 12.3 Å². The van der Waals surface area contributed by atoms with Gasteiger partial charge in [-0.3, -0.25) is 18.5 Å². The third-order valence-electron chi connectivity index (χ3n) is 5.82. The molecule has 0 radical (unpaired) electrons. The molecular formula is C25H27FN2O8S. The second kappa shape index (κ2) is 11.5. The van der Waals surface area contributed by atoms with Crippen LogP contribution in [0.1, 0.15) is 17.4 Å². The molecule has 1 fully saturated rings. The highest BCUT2D eigenvalue weighted by molar-refractivity contribution is 7.86. The highest BCUT2D eigenvalue weighted by Crippen LogP contribution is 2.42. The number of rotatable bonds is 11. The molecular weight excluding hydrogens is 507 g/mol. The lowest BCUT2D eigenvalue weighted by molar-refractivity contribution is -0.165. The Labute approximate surface area is 212 Å². The molecule has 4 rings (SSSR count). The number of nitrogens with zero attached hydrogens (tertiary/aromatic N) is 1. The van der Waals surface area contributed by atoms with Crippen molar-refractivity contribution >= 4 is 10.1 Å². The number of benzene rings is 2. The fourth-order valence-electron chi connectivity index (χ4n) is 4.15. The lowest BCUT2D eigenvalue weighted by Crippen LogP contribution is -2.51. The highest BCUT2D eigenvalue weighted by atomic mass is 32.2. The number of aromatic amines is 1. The van der Waals surface area contributed by atoms with Crippen LogP contribution in [0.4, 0.5) is 4.39 Å². The predicted octanol–water partition coefficient (Wildman–Crippen LogP) is 1.92. The van der Waals surface area contributed by atoms with E-state index >= 15 is 0 Å². The zero-order valence-corrected chi connectivity index (χ0v) is 20.8. The molecule has 1 aliphatic heterocycles. The quantitative estimate of drug-likeness (QED) is 0.370. The van der Waals surface area contributed by atoms with Gasteiger partial charge in [0.25, 0.3) is 15.7 Å². The Bertz CT molecular complexity index is 1400. The van der Waals surface area contributed by atoms with Crippen LogP contribution < -0.4 is 11.2 Å². The average molecular weight is 535 g/mol. The molecule has 0 aliphatic carbocycles. The maximum atomic E-state index is 14.9. The Morgan fingerprint density at radius 2 is 1.62 bits per heavy atom. The van der Waals surface area contributed by atoms with Crippen molar-refractivity contribution in [2.45, 2.75) is 37.3 Å². The topological polar surface area (TPSA) is 126 Å². The summed E-state index contributed by atoms with van der Waals surface area (Å²) in [6.07, 6.45) is -2.28. The standard InChI is InChI=1S/C25H27FN2O8S/c1-37(31,32)36-21-22(34-15-19-10-6-3-7-11-19)25(16-26,17-33-14-18-8-4-2-5-9-18)35-23(21)28-13-12-20(29)27-24(28)30/h2-13,21-23H,14-17H2,1H3,(H,27,29,30)/t21-,22+,23-,25-/m1/s1. The molecule has 12 heteroatoms. The van der Waals surface area contributed by atoms with Crippen molar-refractivity contribution < 1.29 is 31.2 Å². The first kappa shape index (κ1) is 26.9. The molecule has 1 saturated heterocycles. The van der Waals surface area contributed by atoms with Gasteiger partial charge in [0.05, 0.1) is 26.1 Å². The molecule has 4 atom stereocenters. The van der Waals surface area contributed by atoms with Crippen LogP contribution in [0.2, 0.25) is 0 Å². The van der Waals surface area contributed by atoms with E-state index in [-0.39, 0.29) is 19.8 Å². The minimum absolute atomic E-state index is 0.0217. The third-order valence-corrected chi connectivity index (χ3v) is 6.39. The van der Waals surface area contributed by atoms with Crippen LogP contribution in [0.5, 0.6) is 0 Å². The fraction of sp³-hybridized carbons (Fsp3) is 0.360. The van der Waals surface area contributed by atoms with Gasteiger partial charge in [-0.1, -0.05) is 60.7 Å². The summed E-state index contributed by atoms with van der Waals surface area (Å²) in [6.45, 7) is -1.38. The largest absolute Gasteiger partial charge is 0.374 e. The number of alkyl halides is 1. The second-order valence-electron chi connectivity index (χ2n) is 8.68. The monoisotopic (exact) mass is 534 g/mol. The van der Waals surface area contributed by atoms with E-state index in [1.807, 2.05) is 36.4 Å². The van der Waals surface area contributed by atoms with E-state index in [0.29, 0.717) is 0 Å². The Morgan fingerprint density at radius 3 is 2.19 bits per heavy atom. The molecule has 2 heterocycles. The molecule has 1 aromatic heterocycles. The lowest BCUT2D eigenvalue weighted by Gasteiger charge is -2.32. The van der Waals surface area contributed by atoms with Crippen LogP contribution in [-0.2, 0) is 41.7 Å². The van der Waals surface area contributed by atoms with Crippen LogP contribution in [-0.4, -0.2) is 55.3 Å². The van der Waals surface area contributed by atoms with Crippen molar-refractivity contribution in [3.8, 4) is 0 Å². The lowest BCUT2D eigenvalue weighted by atomic mass is 9.97. The number of halogens is 1. The molecule has 0 bridgehead atoms. The van der Waals surface area contributed by atoms with Crippen molar-refractivity contribution in [3.63, 3.8) is 0 Å². The van der Waals surface area contributed by atoms with Gasteiger partial charge in [0.2, 0.25) is 0 Å². The molecule has 2 aromatic carbocycles. The summed E-state index contributed by atoms with van der Waals surface area (Å²) in [5.74, 6) is 0. The second-order valence-corrected chi connectivity index (χ2v) is 10.3. The van der Waals surface area contributed by atoms with E-state index in [1.165, 1.54) is 0 Å². The van der Waals surface area contributed by atoms with Crippen LogP contribution in [0.3, 0.4) is 0 Å². The van der Waals surface area contributed by atoms with Crippen molar-refractivity contribution in [3.05, 3.63) is 105 Å². The third kappa shape index (κ3) is 6.59. The van der Waals surface area contributed by atoms with Gasteiger partial charge in [-0.05, 0) is 11.1 Å². The number of ether oxygens (including phenoxy) is 3. The maximum Gasteiger partial charge on any atom is 0.330 e. The zero-order valence-electron chi connectivity index (χ0n) is 20.0. The smallest absolute Gasteiger partial charge is 0.330 e. The molecule has 0 spiro atoms. The number of hydrogen-bond donors (Lipinski definition) is 1. The Hall–Kier alpha value is -3.16. The van der Waals surface area contributed by atoms with Gasteiger partial charge < -0.3 is 14.2 Å². The van der Waals surface area contributed by atoms with Crippen LogP contribution in [0.25, 0.3) is 0 Å². The van der Waals surface area contributed by atoms with Crippen molar-refractivity contribution in [2.24, 2.45) is 0 Å². The first-order valence-electron chi connectivity index (χ1n) is 11.4. The van der Waals surface area contributed by atoms with E-state index in [9.17, 15) is 22.4 Å². The summed E-state index contributed by atoms with van der Waals surface area (Å²) in [5, 5.41) is 0. The van der Waals surface area contributed by atoms with E-state index in [2.05, 4.69) is 4.98 Å². The number of hydrogen-bond acceptors (Lipinski definition) is 8. The zero-order chi connectivity index (χ0) is 26.5. The van der Waals surface area contributed by atoms with Crippen LogP contribution in [0.15, 0.2) is 82.5 Å². The maximum absolute atomic E-state index is 14.9. The minimum atomic E-state index is -4.12. The van der Waals surface area contributed by atoms with E-state index in [0.717, 1.165) is 34.2 Å². The molecule has 10 nitrogen and oxygen atoms in total. The molecule has 0 unspecified atom stereocenters. The summed E-state index contributed by atoms with van der Waals surface area (Å²) in [7, 11) is -4.12. The van der Waals surface area contributed by atoms with Gasteiger partial charge in [-0.25, -0.2) is 9.18 Å². The predicted molar refractivity (Wildman–Crippen MR) is 131 cm³/mol. The summed E-state index contributed by atoms with van der Waals surface area (Å²) in [5.41, 5.74) is -1.82. The summed E-state index contributed by atoms with van der Waals surface area (Å²) in [4.78, 5) is 26.3. The summed E-state index contributed by atoms with van der Waals surface area (Å²) >= 11 is 0. The van der Waals surface area contributed by atoms with Crippen LogP contribution in [0, 0.1) is 0 Å². The van der Waals surface area contributed by atoms with E-state index in [4.69, 9.17) is 18.4 Å². The molecule has 198 valence electrons. The van der Waals surface area contributed by atoms with E-state index in [1.54, 1.807) is 24.3 Å². The summed E-state index contributed by atoms with van der Waals surface area (Å²) in [6, 6.07) is 19.2. The van der Waals surface area contributed by atoms with Crippen molar-refractivity contribution in [1.82, 2.24) is 9.55 Å². The number of nitrogens with one attached hydrogen (secondary N) is 1. The molecule has 1 aliphatic rings. The van der Waals surface area contributed by atoms with Gasteiger partial charge >= 0.3 is 5.69 Å². The van der Waals surface area contributed by atoms with Gasteiger partial charge in [0.1, 0.15) is 12.8 Å². The van der Waals surface area contributed by atoms with Crippen molar-refractivity contribution in [1.29, 1.82) is 0 Å². The van der Waals surface area contributed by atoms with Crippen LogP contribution >= 0.6 is 0 Å². The average Bonchev–Trinajstić information content (AvgIpc) is 3.15. The highest BCUT2D eigenvalue weighted by Gasteiger charge is 2.59. The van der Waals surface area contributed by atoms with Gasteiger partial charge in [-0.2, -0.15) is 8.42 Å².